The number of nitrogens with two attached hydrogens (primary N) is 2. The average Bonchev–Trinajstić information content (AvgIpc) is 2.67. The molecule has 2 amide bonds. The Hall–Kier alpha value is -3.24. The standard InChI is InChI=1S/C18H25N7O3/c1-27-10-15(11-28-2)24-17-21-8-14(9-22-17)13-5-3-4-12(6-13)7-23-18(26)25-16(19)20/h3-6,8-9,15H,7,10-11H2,1-2H3,(H,21,22,24)(H5,19,20,23,25,26). The predicted octanol–water partition coefficient (Wildman–Crippen LogP) is 0.700. The zero-order valence-electron chi connectivity index (χ0n) is 15.9. The minimum atomic E-state index is -0.592. The number of nitrogens with one attached hydrogen (secondary N) is 2. The van der Waals surface area contributed by atoms with Gasteiger partial charge in [-0.05, 0) is 17.2 Å². The maximum Gasteiger partial charge on any atom is 0.344 e. The second kappa shape index (κ2) is 10.8. The van der Waals surface area contributed by atoms with Crippen LogP contribution < -0.4 is 22.1 Å². The van der Waals surface area contributed by atoms with Crippen LogP contribution in [0.3, 0.4) is 0 Å². The fourth-order valence-corrected chi connectivity index (χ4v) is 2.46. The lowest BCUT2D eigenvalue weighted by atomic mass is 10.1. The summed E-state index contributed by atoms with van der Waals surface area (Å²) in [5.41, 5.74) is 13.0. The number of aromatic nitrogens is 2. The number of benzene rings is 1. The van der Waals surface area contributed by atoms with Crippen molar-refractivity contribution < 1.29 is 14.3 Å². The van der Waals surface area contributed by atoms with E-state index in [9.17, 15) is 4.79 Å². The number of carbonyl (C=O) groups excluding carboxylic acids is 1. The summed E-state index contributed by atoms with van der Waals surface area (Å²) in [7, 11) is 3.25. The van der Waals surface area contributed by atoms with E-state index in [0.717, 1.165) is 16.7 Å². The van der Waals surface area contributed by atoms with E-state index in [-0.39, 0.29) is 12.0 Å². The Morgan fingerprint density at radius 1 is 1.14 bits per heavy atom. The molecule has 0 aliphatic carbocycles. The summed E-state index contributed by atoms with van der Waals surface area (Å²) in [6, 6.07) is 7.00. The topological polar surface area (TPSA) is 150 Å². The Bertz CT molecular complexity index is 786. The third-order valence-electron chi connectivity index (χ3n) is 3.66. The first-order chi connectivity index (χ1) is 13.5. The summed E-state index contributed by atoms with van der Waals surface area (Å²) in [4.78, 5) is 23.6. The number of rotatable bonds is 9. The summed E-state index contributed by atoms with van der Waals surface area (Å²) in [5.74, 6) is 0.207. The molecule has 0 aliphatic heterocycles. The van der Waals surface area contributed by atoms with Gasteiger partial charge in [0.15, 0.2) is 5.96 Å². The normalized spacial score (nSPS) is 10.5. The molecule has 0 spiro atoms. The molecule has 10 nitrogen and oxygen atoms in total. The quantitative estimate of drug-likeness (QED) is 0.363. The Morgan fingerprint density at radius 3 is 2.43 bits per heavy atom. The summed E-state index contributed by atoms with van der Waals surface area (Å²) in [6.45, 7) is 1.25. The number of amides is 2. The van der Waals surface area contributed by atoms with Gasteiger partial charge in [0.2, 0.25) is 5.95 Å². The third kappa shape index (κ3) is 6.82. The van der Waals surface area contributed by atoms with Gasteiger partial charge < -0.3 is 31.6 Å². The first-order valence-corrected chi connectivity index (χ1v) is 8.55. The highest BCUT2D eigenvalue weighted by Crippen LogP contribution is 2.19. The molecule has 0 aliphatic rings. The number of methoxy groups -OCH3 is 2. The van der Waals surface area contributed by atoms with E-state index in [1.807, 2.05) is 24.3 Å². The second-order valence-electron chi connectivity index (χ2n) is 5.94. The number of carbonyl (C=O) groups is 1. The van der Waals surface area contributed by atoms with Gasteiger partial charge in [0.1, 0.15) is 0 Å². The molecule has 28 heavy (non-hydrogen) atoms. The van der Waals surface area contributed by atoms with Crippen LogP contribution in [0.5, 0.6) is 0 Å². The predicted molar refractivity (Wildman–Crippen MR) is 107 cm³/mol. The van der Waals surface area contributed by atoms with Crippen LogP contribution in [0.25, 0.3) is 11.1 Å². The number of urea groups is 1. The fourth-order valence-electron chi connectivity index (χ4n) is 2.46. The molecule has 0 radical (unpaired) electrons. The minimum absolute atomic E-state index is 0.0435. The van der Waals surface area contributed by atoms with E-state index < -0.39 is 6.03 Å². The molecule has 1 heterocycles. The van der Waals surface area contributed by atoms with Crippen LogP contribution in [-0.2, 0) is 16.0 Å². The highest BCUT2D eigenvalue weighted by Gasteiger charge is 2.10. The van der Waals surface area contributed by atoms with Gasteiger partial charge in [-0.25, -0.2) is 14.8 Å². The van der Waals surface area contributed by atoms with Crippen molar-refractivity contribution in [2.24, 2.45) is 16.5 Å². The van der Waals surface area contributed by atoms with Crippen molar-refractivity contribution in [1.82, 2.24) is 15.3 Å². The van der Waals surface area contributed by atoms with Crippen LogP contribution in [0.1, 0.15) is 5.56 Å². The van der Waals surface area contributed by atoms with Crippen molar-refractivity contribution in [3.05, 3.63) is 42.2 Å². The molecule has 0 atom stereocenters. The molecule has 2 rings (SSSR count). The summed E-state index contributed by atoms with van der Waals surface area (Å²) >= 11 is 0. The van der Waals surface area contributed by atoms with E-state index in [1.165, 1.54) is 0 Å². The van der Waals surface area contributed by atoms with Gasteiger partial charge in [-0.15, -0.1) is 0 Å². The van der Waals surface area contributed by atoms with Crippen molar-refractivity contribution in [3.8, 4) is 11.1 Å². The molecule has 6 N–H and O–H groups in total. The van der Waals surface area contributed by atoms with Crippen LogP contribution >= 0.6 is 0 Å². The highest BCUT2D eigenvalue weighted by molar-refractivity contribution is 5.90. The molecule has 0 fully saturated rings. The summed E-state index contributed by atoms with van der Waals surface area (Å²) in [5, 5.41) is 5.78. The van der Waals surface area contributed by atoms with E-state index in [4.69, 9.17) is 20.9 Å². The van der Waals surface area contributed by atoms with E-state index in [1.54, 1.807) is 26.6 Å². The number of aliphatic imine (C=N–C) groups is 1. The number of ether oxygens (including phenoxy) is 2. The molecule has 10 heteroatoms. The molecule has 150 valence electrons. The highest BCUT2D eigenvalue weighted by atomic mass is 16.5. The zero-order valence-corrected chi connectivity index (χ0v) is 15.9. The molecule has 2 aromatic rings. The average molecular weight is 387 g/mol. The molecule has 0 unspecified atom stereocenters. The lowest BCUT2D eigenvalue weighted by Crippen LogP contribution is -2.30. The second-order valence-corrected chi connectivity index (χ2v) is 5.94. The van der Waals surface area contributed by atoms with E-state index in [2.05, 4.69) is 25.6 Å². The zero-order chi connectivity index (χ0) is 20.4. The van der Waals surface area contributed by atoms with E-state index in [0.29, 0.717) is 25.7 Å². The van der Waals surface area contributed by atoms with Gasteiger partial charge in [0.25, 0.3) is 0 Å². The molecule has 1 aromatic heterocycles. The van der Waals surface area contributed by atoms with Crippen LogP contribution in [-0.4, -0.2) is 55.4 Å². The SMILES string of the molecule is COCC(COC)Nc1ncc(-c2cccc(CNC(=O)N=C(N)N)c2)cn1. The molecule has 0 saturated heterocycles. The molecule has 0 saturated carbocycles. The number of hydrogen-bond acceptors (Lipinski definition) is 6. The maximum absolute atomic E-state index is 11.5. The lowest BCUT2D eigenvalue weighted by molar-refractivity contribution is 0.126. The summed E-state index contributed by atoms with van der Waals surface area (Å²) < 4.78 is 10.3. The Morgan fingerprint density at radius 2 is 1.82 bits per heavy atom. The maximum atomic E-state index is 11.5. The van der Waals surface area contributed by atoms with Gasteiger partial charge in [-0.3, -0.25) is 0 Å². The van der Waals surface area contributed by atoms with Gasteiger partial charge in [-0.1, -0.05) is 18.2 Å². The molecule has 1 aromatic carbocycles. The van der Waals surface area contributed by atoms with Crippen LogP contribution in [0.15, 0.2) is 41.7 Å². The van der Waals surface area contributed by atoms with Crippen molar-refractivity contribution in [2.75, 3.05) is 32.8 Å². The molecule has 0 bridgehead atoms. The first kappa shape index (κ1) is 21.1. The fraction of sp³-hybridized carbons (Fsp3) is 0.333. The van der Waals surface area contributed by atoms with Crippen LogP contribution in [0.2, 0.25) is 0 Å². The Labute approximate surface area is 163 Å². The van der Waals surface area contributed by atoms with E-state index >= 15 is 0 Å². The van der Waals surface area contributed by atoms with Crippen molar-refractivity contribution in [2.45, 2.75) is 12.6 Å². The Kier molecular flexibility index (Phi) is 8.12. The number of anilines is 1. The van der Waals surface area contributed by atoms with Crippen LogP contribution in [0, 0.1) is 0 Å². The smallest absolute Gasteiger partial charge is 0.344 e. The number of guanidine groups is 1. The van der Waals surface area contributed by atoms with Crippen molar-refractivity contribution >= 4 is 17.9 Å². The molecular formula is C18H25N7O3. The van der Waals surface area contributed by atoms with Gasteiger partial charge in [0, 0.05) is 38.7 Å². The first-order valence-electron chi connectivity index (χ1n) is 8.55. The van der Waals surface area contributed by atoms with Gasteiger partial charge in [0.05, 0.1) is 19.3 Å². The lowest BCUT2D eigenvalue weighted by Gasteiger charge is -2.16. The Balaban J connectivity index is 2.03. The summed E-state index contributed by atoms with van der Waals surface area (Å²) in [6.07, 6.45) is 3.45. The third-order valence-corrected chi connectivity index (χ3v) is 3.66. The minimum Gasteiger partial charge on any atom is -0.382 e. The largest absolute Gasteiger partial charge is 0.382 e. The van der Waals surface area contributed by atoms with Crippen LogP contribution in [0.4, 0.5) is 10.7 Å². The monoisotopic (exact) mass is 387 g/mol. The molecular weight excluding hydrogens is 362 g/mol. The number of nitrogens with zero attached hydrogens (tertiary/aromatic N) is 3. The van der Waals surface area contributed by atoms with Gasteiger partial charge in [-0.2, -0.15) is 4.99 Å². The van der Waals surface area contributed by atoms with Gasteiger partial charge >= 0.3 is 6.03 Å². The van der Waals surface area contributed by atoms with Crippen molar-refractivity contribution in [3.63, 3.8) is 0 Å². The number of hydrogen-bond donors (Lipinski definition) is 4. The van der Waals surface area contributed by atoms with Crippen molar-refractivity contribution in [1.29, 1.82) is 0 Å².